The maximum atomic E-state index is 9.91. The first kappa shape index (κ1) is 12.7. The lowest BCUT2D eigenvalue weighted by molar-refractivity contribution is 0.167. The third-order valence-corrected chi connectivity index (χ3v) is 4.60. The molecule has 0 aromatic rings. The smallest absolute Gasteiger partial charge is 0.0652 e. The van der Waals surface area contributed by atoms with Gasteiger partial charge in [0.05, 0.1) is 14.2 Å². The van der Waals surface area contributed by atoms with Crippen molar-refractivity contribution in [2.45, 2.75) is 58.0 Å². The van der Waals surface area contributed by atoms with Crippen molar-refractivity contribution in [1.82, 2.24) is 0 Å². The first-order valence-electron chi connectivity index (χ1n) is 5.03. The average Bonchev–Trinajstić information content (AvgIpc) is 1.98. The molecule has 0 fully saturated rings. The van der Waals surface area contributed by atoms with E-state index in [2.05, 4.69) is 38.4 Å². The van der Waals surface area contributed by atoms with Gasteiger partial charge in [-0.3, -0.25) is 0 Å². The SMILES string of the molecule is CC#C[C@H]([C@H](O)CCC)[Si](C)(C)C. The van der Waals surface area contributed by atoms with E-state index in [1.807, 2.05) is 6.92 Å². The molecular weight excluding hydrogens is 176 g/mol. The van der Waals surface area contributed by atoms with Crippen LogP contribution in [0, 0.1) is 11.8 Å². The van der Waals surface area contributed by atoms with Crippen molar-refractivity contribution in [3.05, 3.63) is 0 Å². The Labute approximate surface area is 83.6 Å². The molecule has 0 aromatic heterocycles. The molecule has 1 N–H and O–H groups in total. The highest BCUT2D eigenvalue weighted by Crippen LogP contribution is 2.27. The molecule has 0 amide bonds. The predicted molar refractivity (Wildman–Crippen MR) is 61.5 cm³/mol. The molecule has 0 aliphatic carbocycles. The van der Waals surface area contributed by atoms with Gasteiger partial charge in [0, 0.05) is 5.54 Å². The molecule has 0 aromatic carbocycles. The van der Waals surface area contributed by atoms with Gasteiger partial charge in [0.1, 0.15) is 0 Å². The van der Waals surface area contributed by atoms with Crippen LogP contribution in [0.15, 0.2) is 0 Å². The number of rotatable bonds is 4. The largest absolute Gasteiger partial charge is 0.392 e. The van der Waals surface area contributed by atoms with E-state index in [1.54, 1.807) is 0 Å². The van der Waals surface area contributed by atoms with Crippen LogP contribution in [-0.4, -0.2) is 19.3 Å². The summed E-state index contributed by atoms with van der Waals surface area (Å²) in [5, 5.41) is 9.91. The van der Waals surface area contributed by atoms with Crippen molar-refractivity contribution in [2.24, 2.45) is 0 Å². The van der Waals surface area contributed by atoms with Crippen LogP contribution in [0.25, 0.3) is 0 Å². The van der Waals surface area contributed by atoms with E-state index in [4.69, 9.17) is 0 Å². The summed E-state index contributed by atoms with van der Waals surface area (Å²) in [4.78, 5) is 0. The Morgan fingerprint density at radius 3 is 2.15 bits per heavy atom. The summed E-state index contributed by atoms with van der Waals surface area (Å²) in [6, 6.07) is 0. The topological polar surface area (TPSA) is 20.2 Å². The normalized spacial score (nSPS) is 15.8. The van der Waals surface area contributed by atoms with Gasteiger partial charge in [-0.2, -0.15) is 0 Å². The maximum absolute atomic E-state index is 9.91. The minimum atomic E-state index is -1.33. The van der Waals surface area contributed by atoms with Crippen molar-refractivity contribution < 1.29 is 5.11 Å². The highest BCUT2D eigenvalue weighted by molar-refractivity contribution is 6.78. The molecule has 0 saturated carbocycles. The molecular formula is C11H22OSi. The van der Waals surface area contributed by atoms with Gasteiger partial charge in [-0.1, -0.05) is 33.0 Å². The van der Waals surface area contributed by atoms with E-state index in [-0.39, 0.29) is 11.6 Å². The molecule has 0 aliphatic heterocycles. The highest BCUT2D eigenvalue weighted by Gasteiger charge is 2.30. The van der Waals surface area contributed by atoms with Crippen LogP contribution in [0.2, 0.25) is 25.2 Å². The van der Waals surface area contributed by atoms with E-state index in [1.165, 1.54) is 0 Å². The third-order valence-electron chi connectivity index (χ3n) is 2.20. The van der Waals surface area contributed by atoms with Crippen molar-refractivity contribution >= 4 is 8.07 Å². The Hall–Kier alpha value is -0.263. The predicted octanol–water partition coefficient (Wildman–Crippen LogP) is 2.88. The second-order valence-electron chi connectivity index (χ2n) is 4.59. The maximum Gasteiger partial charge on any atom is 0.0652 e. The van der Waals surface area contributed by atoms with E-state index >= 15 is 0 Å². The molecule has 1 nitrogen and oxygen atoms in total. The van der Waals surface area contributed by atoms with Gasteiger partial charge in [-0.05, 0) is 13.3 Å². The summed E-state index contributed by atoms with van der Waals surface area (Å²) < 4.78 is 0. The Bertz CT molecular complexity index is 194. The second kappa shape index (κ2) is 5.46. The summed E-state index contributed by atoms with van der Waals surface area (Å²) >= 11 is 0. The number of aliphatic hydroxyl groups excluding tert-OH is 1. The molecule has 0 spiro atoms. The minimum Gasteiger partial charge on any atom is -0.392 e. The lowest BCUT2D eigenvalue weighted by Crippen LogP contribution is -2.35. The van der Waals surface area contributed by atoms with Gasteiger partial charge >= 0.3 is 0 Å². The van der Waals surface area contributed by atoms with Gasteiger partial charge in [0.25, 0.3) is 0 Å². The minimum absolute atomic E-state index is 0.218. The van der Waals surface area contributed by atoms with Crippen LogP contribution < -0.4 is 0 Å². The molecule has 2 atom stereocenters. The van der Waals surface area contributed by atoms with Crippen molar-refractivity contribution in [2.75, 3.05) is 0 Å². The van der Waals surface area contributed by atoms with Crippen molar-refractivity contribution in [3.8, 4) is 11.8 Å². The Balaban J connectivity index is 4.48. The van der Waals surface area contributed by atoms with E-state index in [0.29, 0.717) is 0 Å². The molecule has 0 heterocycles. The molecule has 13 heavy (non-hydrogen) atoms. The second-order valence-corrected chi connectivity index (χ2v) is 9.95. The third kappa shape index (κ3) is 4.49. The van der Waals surface area contributed by atoms with Gasteiger partial charge in [0.2, 0.25) is 0 Å². The van der Waals surface area contributed by atoms with Gasteiger partial charge in [-0.15, -0.1) is 11.8 Å². The van der Waals surface area contributed by atoms with Crippen LogP contribution in [-0.2, 0) is 0 Å². The molecule has 0 rings (SSSR count). The molecule has 0 unspecified atom stereocenters. The fraction of sp³-hybridized carbons (Fsp3) is 0.818. The zero-order valence-electron chi connectivity index (χ0n) is 9.52. The van der Waals surface area contributed by atoms with E-state index in [0.717, 1.165) is 12.8 Å². The van der Waals surface area contributed by atoms with Gasteiger partial charge in [-0.25, -0.2) is 0 Å². The number of hydrogen-bond donors (Lipinski definition) is 1. The van der Waals surface area contributed by atoms with Gasteiger partial charge in [0.15, 0.2) is 0 Å². The van der Waals surface area contributed by atoms with Crippen LogP contribution in [0.4, 0.5) is 0 Å². The fourth-order valence-corrected chi connectivity index (χ4v) is 3.41. The lowest BCUT2D eigenvalue weighted by atomic mass is 10.1. The zero-order chi connectivity index (χ0) is 10.5. The van der Waals surface area contributed by atoms with E-state index < -0.39 is 8.07 Å². The van der Waals surface area contributed by atoms with Crippen LogP contribution in [0.5, 0.6) is 0 Å². The summed E-state index contributed by atoms with van der Waals surface area (Å²) in [6.07, 6.45) is 1.70. The Morgan fingerprint density at radius 2 is 1.85 bits per heavy atom. The first-order valence-corrected chi connectivity index (χ1v) is 8.61. The monoisotopic (exact) mass is 198 g/mol. The molecule has 0 aliphatic rings. The van der Waals surface area contributed by atoms with Crippen LogP contribution in [0.3, 0.4) is 0 Å². The molecule has 0 saturated heterocycles. The molecule has 0 radical (unpaired) electrons. The molecule has 76 valence electrons. The average molecular weight is 198 g/mol. The highest BCUT2D eigenvalue weighted by atomic mass is 28.3. The quantitative estimate of drug-likeness (QED) is 0.544. The number of aliphatic hydroxyl groups is 1. The Kier molecular flexibility index (Phi) is 5.35. The van der Waals surface area contributed by atoms with Crippen molar-refractivity contribution in [3.63, 3.8) is 0 Å². The standard InChI is InChI=1S/C11H22OSi/c1-6-8-10(12)11(9-7-2)13(3,4)5/h10-12H,6,8H2,1-5H3/t10-,11-/m1/s1. The first-order chi connectivity index (χ1) is 5.93. The van der Waals surface area contributed by atoms with E-state index in [9.17, 15) is 5.11 Å². The number of hydrogen-bond acceptors (Lipinski definition) is 1. The summed E-state index contributed by atoms with van der Waals surface area (Å²) in [7, 11) is -1.33. The van der Waals surface area contributed by atoms with Gasteiger partial charge < -0.3 is 5.11 Å². The van der Waals surface area contributed by atoms with Crippen LogP contribution >= 0.6 is 0 Å². The summed E-state index contributed by atoms with van der Waals surface area (Å²) in [6.45, 7) is 10.7. The fourth-order valence-electron chi connectivity index (χ4n) is 1.51. The lowest BCUT2D eigenvalue weighted by Gasteiger charge is -2.28. The molecule has 2 heteroatoms. The summed E-state index contributed by atoms with van der Waals surface area (Å²) in [5.74, 6) is 6.11. The van der Waals surface area contributed by atoms with Crippen LogP contribution in [0.1, 0.15) is 26.7 Å². The summed E-state index contributed by atoms with van der Waals surface area (Å²) in [5.41, 5.74) is 0.234. The Morgan fingerprint density at radius 1 is 1.31 bits per heavy atom. The van der Waals surface area contributed by atoms with Crippen molar-refractivity contribution in [1.29, 1.82) is 0 Å². The molecule has 0 bridgehead atoms. The zero-order valence-corrected chi connectivity index (χ0v) is 10.5.